The van der Waals surface area contributed by atoms with Crippen LogP contribution in [-0.2, 0) is 9.53 Å². The van der Waals surface area contributed by atoms with Crippen molar-refractivity contribution in [1.82, 2.24) is 14.7 Å². The lowest BCUT2D eigenvalue weighted by atomic mass is 9.81. The van der Waals surface area contributed by atoms with E-state index in [0.717, 1.165) is 30.2 Å². The minimum Gasteiger partial charge on any atom is -0.475 e. The van der Waals surface area contributed by atoms with Gasteiger partial charge in [-0.2, -0.15) is 5.26 Å². The standard InChI is InChI=1S/C35H34ClFN6O2/c1-4-32(44)43-15-14-42(20-24(43)19-39-2)34-27-16-30(37)26(25-11-5-8-22-9-6-12-29(36)33(22)25)17-31(27)40-35(28(34)18-38)45-21-23-10-7-13-41(23)3/h4-6,8-9,11-12,16-17,23-24,27,31H,1,7,10,13-15,19-21H2,3H3/t23-,24-,27?,31?/m0/s1. The molecule has 230 valence electrons. The van der Waals surface area contributed by atoms with E-state index >= 15 is 4.39 Å². The molecule has 0 radical (unpaired) electrons. The van der Waals surface area contributed by atoms with Crippen LogP contribution in [0.4, 0.5) is 4.39 Å². The van der Waals surface area contributed by atoms with Gasteiger partial charge in [-0.05, 0) is 61.7 Å². The van der Waals surface area contributed by atoms with Crippen LogP contribution in [0.3, 0.4) is 0 Å². The molecule has 0 saturated carbocycles. The van der Waals surface area contributed by atoms with Gasteiger partial charge in [0, 0.05) is 53.3 Å². The smallest absolute Gasteiger partial charge is 0.246 e. The molecule has 0 aromatic heterocycles. The van der Waals surface area contributed by atoms with Crippen LogP contribution in [-0.4, -0.2) is 91.0 Å². The number of carbonyl (C=O) groups is 1. The molecule has 10 heteroatoms. The van der Waals surface area contributed by atoms with E-state index in [4.69, 9.17) is 27.9 Å². The van der Waals surface area contributed by atoms with E-state index in [-0.39, 0.29) is 30.0 Å². The summed E-state index contributed by atoms with van der Waals surface area (Å²) in [6.07, 6.45) is 6.68. The molecule has 2 unspecified atom stereocenters. The Balaban J connectivity index is 1.42. The first kappa shape index (κ1) is 30.6. The van der Waals surface area contributed by atoms with Crippen LogP contribution >= 0.6 is 11.6 Å². The minimum absolute atomic E-state index is 0.0981. The van der Waals surface area contributed by atoms with Crippen LogP contribution in [0.25, 0.3) is 21.2 Å². The number of allylic oxidation sites excluding steroid dienone is 2. The molecule has 2 aromatic carbocycles. The van der Waals surface area contributed by atoms with Crippen LogP contribution in [0.2, 0.25) is 5.02 Å². The Hall–Kier alpha value is -4.44. The number of hydrogen-bond donors (Lipinski definition) is 0. The highest BCUT2D eigenvalue weighted by molar-refractivity contribution is 6.36. The number of aliphatic imine (C=N–C) groups is 1. The second kappa shape index (κ2) is 12.9. The molecule has 2 fully saturated rings. The monoisotopic (exact) mass is 624 g/mol. The summed E-state index contributed by atoms with van der Waals surface area (Å²) in [5.74, 6) is -1.01. The van der Waals surface area contributed by atoms with Crippen molar-refractivity contribution in [2.45, 2.75) is 31.0 Å². The van der Waals surface area contributed by atoms with Gasteiger partial charge in [-0.3, -0.25) is 4.79 Å². The molecule has 4 atom stereocenters. The Morgan fingerprint density at radius 1 is 1.24 bits per heavy atom. The number of fused-ring (bicyclic) bond motifs is 2. The summed E-state index contributed by atoms with van der Waals surface area (Å²) in [6, 6.07) is 12.9. The number of amides is 1. The Morgan fingerprint density at radius 3 is 2.76 bits per heavy atom. The van der Waals surface area contributed by atoms with Crippen molar-refractivity contribution in [2.24, 2.45) is 10.9 Å². The SMILES string of the molecule is [C-]#[N+]C[C@H]1CN(C2=C(C#N)C(OC[C@@H]3CCCN3C)=NC3C=C(c4cccc5cccc(Cl)c45)C(F)=CC23)CCN1C(=O)C=C. The van der Waals surface area contributed by atoms with Crippen LogP contribution in [0.5, 0.6) is 0 Å². The van der Waals surface area contributed by atoms with Gasteiger partial charge < -0.3 is 24.3 Å². The number of dihydropyridines is 1. The highest BCUT2D eigenvalue weighted by Gasteiger charge is 2.42. The van der Waals surface area contributed by atoms with E-state index in [1.54, 1.807) is 17.0 Å². The third kappa shape index (κ3) is 5.75. The number of hydrogen-bond acceptors (Lipinski definition) is 6. The number of piperazine rings is 1. The van der Waals surface area contributed by atoms with E-state index in [1.807, 2.05) is 41.3 Å². The quantitative estimate of drug-likeness (QED) is 0.307. The molecule has 45 heavy (non-hydrogen) atoms. The summed E-state index contributed by atoms with van der Waals surface area (Å²) in [5.41, 5.74) is 1.92. The molecule has 3 heterocycles. The van der Waals surface area contributed by atoms with Crippen LogP contribution in [0.15, 0.2) is 83.3 Å². The molecule has 1 aliphatic carbocycles. The number of halogens is 2. The Morgan fingerprint density at radius 2 is 2.04 bits per heavy atom. The minimum atomic E-state index is -0.578. The predicted octanol–water partition coefficient (Wildman–Crippen LogP) is 5.65. The average Bonchev–Trinajstić information content (AvgIpc) is 3.46. The van der Waals surface area contributed by atoms with Crippen molar-refractivity contribution in [3.05, 3.63) is 100 Å². The molecule has 0 spiro atoms. The molecular formula is C35H34ClFN6O2. The molecule has 8 nitrogen and oxygen atoms in total. The van der Waals surface area contributed by atoms with Gasteiger partial charge in [0.2, 0.25) is 18.3 Å². The van der Waals surface area contributed by atoms with E-state index in [1.165, 1.54) is 6.08 Å². The lowest BCUT2D eigenvalue weighted by Gasteiger charge is -2.44. The van der Waals surface area contributed by atoms with Crippen LogP contribution in [0, 0.1) is 23.8 Å². The number of likely N-dealkylation sites (tertiary alicyclic amines) is 1. The van der Waals surface area contributed by atoms with E-state index in [2.05, 4.69) is 29.4 Å². The summed E-state index contributed by atoms with van der Waals surface area (Å²) in [6.45, 7) is 13.6. The summed E-state index contributed by atoms with van der Waals surface area (Å²) < 4.78 is 22.6. The highest BCUT2D eigenvalue weighted by atomic mass is 35.5. The zero-order valence-electron chi connectivity index (χ0n) is 25.1. The van der Waals surface area contributed by atoms with Gasteiger partial charge in [-0.25, -0.2) is 16.0 Å². The molecule has 4 aliphatic rings. The average molecular weight is 625 g/mol. The second-order valence-electron chi connectivity index (χ2n) is 11.8. The van der Waals surface area contributed by atoms with Crippen LogP contribution < -0.4 is 0 Å². The predicted molar refractivity (Wildman–Crippen MR) is 174 cm³/mol. The fourth-order valence-corrected chi connectivity index (χ4v) is 7.25. The fourth-order valence-electron chi connectivity index (χ4n) is 6.96. The van der Waals surface area contributed by atoms with Crippen molar-refractivity contribution in [1.29, 1.82) is 5.26 Å². The summed E-state index contributed by atoms with van der Waals surface area (Å²) in [7, 11) is 2.06. The molecule has 6 rings (SSSR count). The first-order chi connectivity index (χ1) is 21.8. The number of ether oxygens (including phenoxy) is 1. The van der Waals surface area contributed by atoms with E-state index < -0.39 is 23.8 Å². The van der Waals surface area contributed by atoms with Gasteiger partial charge in [0.25, 0.3) is 0 Å². The van der Waals surface area contributed by atoms with Crippen molar-refractivity contribution in [3.8, 4) is 6.07 Å². The van der Waals surface area contributed by atoms with Gasteiger partial charge in [0.05, 0.1) is 6.04 Å². The second-order valence-corrected chi connectivity index (χ2v) is 12.2. The molecule has 0 bridgehead atoms. The normalized spacial score (nSPS) is 25.1. The topological polar surface area (TPSA) is 76.5 Å². The molecular weight excluding hydrogens is 591 g/mol. The zero-order valence-corrected chi connectivity index (χ0v) is 25.9. The van der Waals surface area contributed by atoms with Crippen LogP contribution in [0.1, 0.15) is 18.4 Å². The highest BCUT2D eigenvalue weighted by Crippen LogP contribution is 2.43. The fraction of sp³-hybridized carbons (Fsp3) is 0.371. The van der Waals surface area contributed by atoms with E-state index in [0.29, 0.717) is 48.1 Å². The first-order valence-electron chi connectivity index (χ1n) is 15.2. The Bertz CT molecular complexity index is 1740. The molecule has 2 saturated heterocycles. The number of nitrogens with zero attached hydrogens (tertiary/aromatic N) is 6. The number of nitriles is 1. The van der Waals surface area contributed by atoms with Gasteiger partial charge >= 0.3 is 0 Å². The van der Waals surface area contributed by atoms with Crippen molar-refractivity contribution in [3.63, 3.8) is 0 Å². The van der Waals surface area contributed by atoms with Crippen molar-refractivity contribution in [2.75, 3.05) is 46.4 Å². The first-order valence-corrected chi connectivity index (χ1v) is 15.6. The van der Waals surface area contributed by atoms with Gasteiger partial charge in [-0.15, -0.1) is 0 Å². The number of carbonyl (C=O) groups excluding carboxylic acids is 1. The maximum absolute atomic E-state index is 16.3. The summed E-state index contributed by atoms with van der Waals surface area (Å²) >= 11 is 6.63. The third-order valence-corrected chi connectivity index (χ3v) is 9.58. The Kier molecular flexibility index (Phi) is 8.76. The van der Waals surface area contributed by atoms with Gasteiger partial charge in [-0.1, -0.05) is 48.5 Å². The molecule has 2 aromatic rings. The lowest BCUT2D eigenvalue weighted by Crippen LogP contribution is -2.57. The number of rotatable bonds is 6. The maximum atomic E-state index is 16.3. The lowest BCUT2D eigenvalue weighted by molar-refractivity contribution is -0.130. The van der Waals surface area contributed by atoms with E-state index in [9.17, 15) is 10.1 Å². The maximum Gasteiger partial charge on any atom is 0.246 e. The molecule has 1 amide bonds. The zero-order chi connectivity index (χ0) is 31.7. The van der Waals surface area contributed by atoms with Gasteiger partial charge in [0.1, 0.15) is 30.1 Å². The summed E-state index contributed by atoms with van der Waals surface area (Å²) in [5, 5.41) is 12.7. The number of benzene rings is 2. The largest absolute Gasteiger partial charge is 0.475 e. The van der Waals surface area contributed by atoms with Crippen molar-refractivity contribution < 1.29 is 13.9 Å². The third-order valence-electron chi connectivity index (χ3n) is 9.26. The Labute approximate surface area is 267 Å². The molecule has 0 N–H and O–H groups in total. The van der Waals surface area contributed by atoms with Gasteiger partial charge in [0.15, 0.2) is 0 Å². The van der Waals surface area contributed by atoms with Crippen molar-refractivity contribution >= 4 is 39.8 Å². The summed E-state index contributed by atoms with van der Waals surface area (Å²) in [4.78, 5) is 27.0. The number of likely N-dealkylation sites (N-methyl/N-ethyl adjacent to an activating group) is 1. The molecule has 3 aliphatic heterocycles.